The Hall–Kier alpha value is -0.790. The quantitative estimate of drug-likeness (QED) is 0.127. The van der Waals surface area contributed by atoms with Crippen LogP contribution in [0.5, 0.6) is 0 Å². The van der Waals surface area contributed by atoms with Crippen LogP contribution in [-0.4, -0.2) is 4.98 Å². The fraction of sp³-hybridized carbons (Fsp3) is 0.900. The first-order valence-electron chi connectivity index (χ1n) is 14.8. The van der Waals surface area contributed by atoms with Gasteiger partial charge in [0.1, 0.15) is 12.4 Å². The average Bonchev–Trinajstić information content (AvgIpc) is 3.28. The minimum Gasteiger partial charge on any atom is -0.247 e. The van der Waals surface area contributed by atoms with E-state index in [2.05, 4.69) is 49.6 Å². The molecule has 2 atom stereocenters. The van der Waals surface area contributed by atoms with Gasteiger partial charge in [0.2, 0.25) is 0 Å². The smallest absolute Gasteiger partial charge is 0.247 e. The zero-order valence-corrected chi connectivity index (χ0v) is 22.6. The Bertz CT molecular complexity index is 507. The summed E-state index contributed by atoms with van der Waals surface area (Å²) in [5, 5.41) is 0. The van der Waals surface area contributed by atoms with Gasteiger partial charge in [0, 0.05) is 0 Å². The summed E-state index contributed by atoms with van der Waals surface area (Å²) in [6.07, 6.45) is 34.0. The summed E-state index contributed by atoms with van der Waals surface area (Å²) < 4.78 is 2.56. The van der Waals surface area contributed by atoms with Gasteiger partial charge in [-0.15, -0.1) is 0 Å². The van der Waals surface area contributed by atoms with Gasteiger partial charge in [-0.1, -0.05) is 136 Å². The van der Waals surface area contributed by atoms with Gasteiger partial charge in [-0.25, -0.2) is 9.55 Å². The van der Waals surface area contributed by atoms with E-state index in [1.165, 1.54) is 141 Å². The Morgan fingerprint density at radius 3 is 1.47 bits per heavy atom. The number of H-pyrrole nitrogens is 1. The van der Waals surface area contributed by atoms with E-state index in [0.717, 1.165) is 0 Å². The van der Waals surface area contributed by atoms with Gasteiger partial charge >= 0.3 is 0 Å². The Morgan fingerprint density at radius 1 is 0.594 bits per heavy atom. The van der Waals surface area contributed by atoms with E-state index in [4.69, 9.17) is 0 Å². The molecular formula is C30H59N2+. The van der Waals surface area contributed by atoms with E-state index >= 15 is 0 Å². The van der Waals surface area contributed by atoms with Gasteiger partial charge < -0.3 is 0 Å². The number of hydrogen-bond acceptors (Lipinski definition) is 0. The van der Waals surface area contributed by atoms with Crippen molar-refractivity contribution in [2.24, 2.45) is 0 Å². The highest BCUT2D eigenvalue weighted by Crippen LogP contribution is 2.27. The summed E-state index contributed by atoms with van der Waals surface area (Å²) in [6.45, 7) is 9.32. The van der Waals surface area contributed by atoms with Gasteiger partial charge in [0.25, 0.3) is 5.82 Å². The molecule has 0 spiro atoms. The summed E-state index contributed by atoms with van der Waals surface area (Å²) in [6, 6.07) is 0.616. The minimum atomic E-state index is 0.616. The largest absolute Gasteiger partial charge is 0.257 e. The molecule has 2 unspecified atom stereocenters. The van der Waals surface area contributed by atoms with Crippen LogP contribution in [0.2, 0.25) is 0 Å². The number of hydrogen-bond donors (Lipinski definition) is 1. The van der Waals surface area contributed by atoms with Crippen LogP contribution in [0.15, 0.2) is 12.4 Å². The van der Waals surface area contributed by atoms with E-state index in [1.54, 1.807) is 0 Å². The van der Waals surface area contributed by atoms with Crippen molar-refractivity contribution < 1.29 is 4.57 Å². The third-order valence-corrected chi connectivity index (χ3v) is 7.37. The number of imidazole rings is 1. The van der Waals surface area contributed by atoms with Crippen molar-refractivity contribution in [2.75, 3.05) is 0 Å². The first-order chi connectivity index (χ1) is 15.7. The Balaban J connectivity index is 2.40. The predicted octanol–water partition coefficient (Wildman–Crippen LogP) is 10.2. The molecule has 0 aromatic carbocycles. The van der Waals surface area contributed by atoms with Crippen molar-refractivity contribution >= 4 is 0 Å². The summed E-state index contributed by atoms with van der Waals surface area (Å²) in [7, 11) is 0. The van der Waals surface area contributed by atoms with Crippen molar-refractivity contribution in [3.05, 3.63) is 18.2 Å². The maximum atomic E-state index is 3.66. The van der Waals surface area contributed by atoms with Crippen LogP contribution in [0.3, 0.4) is 0 Å². The number of rotatable bonds is 23. The van der Waals surface area contributed by atoms with Crippen molar-refractivity contribution in [1.29, 1.82) is 0 Å². The van der Waals surface area contributed by atoms with Crippen LogP contribution in [0.4, 0.5) is 0 Å². The molecule has 0 fully saturated rings. The van der Waals surface area contributed by atoms with E-state index < -0.39 is 0 Å². The second-order valence-corrected chi connectivity index (χ2v) is 10.5. The lowest BCUT2D eigenvalue weighted by Crippen LogP contribution is -2.41. The molecule has 0 saturated heterocycles. The van der Waals surface area contributed by atoms with Crippen molar-refractivity contribution in [3.8, 4) is 0 Å². The number of aromatic amines is 1. The summed E-state index contributed by atoms with van der Waals surface area (Å²) >= 11 is 0. The van der Waals surface area contributed by atoms with Crippen LogP contribution in [0, 0.1) is 0 Å². The molecule has 1 heterocycles. The van der Waals surface area contributed by atoms with Gasteiger partial charge in [-0.3, -0.25) is 0 Å². The molecule has 1 rings (SSSR count). The highest BCUT2D eigenvalue weighted by Gasteiger charge is 2.25. The van der Waals surface area contributed by atoms with E-state index in [0.29, 0.717) is 12.0 Å². The molecule has 32 heavy (non-hydrogen) atoms. The highest BCUT2D eigenvalue weighted by atomic mass is 15.1. The van der Waals surface area contributed by atoms with Crippen molar-refractivity contribution in [3.63, 3.8) is 0 Å². The molecule has 1 N–H and O–H groups in total. The fourth-order valence-electron chi connectivity index (χ4n) is 5.27. The fourth-order valence-corrected chi connectivity index (χ4v) is 5.27. The first-order valence-corrected chi connectivity index (χ1v) is 14.8. The molecule has 0 aliphatic heterocycles. The normalized spacial score (nSPS) is 13.5. The molecule has 2 nitrogen and oxygen atoms in total. The molecule has 2 heteroatoms. The van der Waals surface area contributed by atoms with Gasteiger partial charge in [-0.05, 0) is 26.2 Å². The lowest BCUT2D eigenvalue weighted by molar-refractivity contribution is -0.727. The van der Waals surface area contributed by atoms with Crippen molar-refractivity contribution in [1.82, 2.24) is 4.98 Å². The Kier molecular flexibility index (Phi) is 19.0. The molecule has 0 saturated carbocycles. The van der Waals surface area contributed by atoms with Gasteiger partial charge in [0.05, 0.1) is 12.0 Å². The van der Waals surface area contributed by atoms with E-state index in [1.807, 2.05) is 0 Å². The SMILES string of the molecule is CCCCCCCCCCCCC(CCCCCCCCC)c1[nH]cc[n+]1C(C)CCC. The maximum Gasteiger partial charge on any atom is 0.257 e. The standard InChI is InChI=1S/C30H58N2/c1-5-8-10-12-14-15-16-18-20-22-25-29(24-21-19-17-13-11-9-6-2)30-31-26-27-32(30)28(4)23-7-3/h26-29H,5-25H2,1-4H3/p+1. The van der Waals surface area contributed by atoms with Crippen LogP contribution in [0.25, 0.3) is 0 Å². The van der Waals surface area contributed by atoms with E-state index in [9.17, 15) is 0 Å². The van der Waals surface area contributed by atoms with Crippen LogP contribution in [-0.2, 0) is 0 Å². The predicted molar refractivity (Wildman–Crippen MR) is 142 cm³/mol. The topological polar surface area (TPSA) is 19.7 Å². The first kappa shape index (κ1) is 29.2. The number of aromatic nitrogens is 2. The molecule has 0 amide bonds. The lowest BCUT2D eigenvalue weighted by atomic mass is 9.93. The lowest BCUT2D eigenvalue weighted by Gasteiger charge is -2.17. The molecule has 0 bridgehead atoms. The summed E-state index contributed by atoms with van der Waals surface area (Å²) in [4.78, 5) is 3.66. The zero-order valence-electron chi connectivity index (χ0n) is 22.6. The maximum absolute atomic E-state index is 3.66. The Morgan fingerprint density at radius 2 is 1.03 bits per heavy atom. The zero-order chi connectivity index (χ0) is 23.3. The number of unbranched alkanes of at least 4 members (excludes halogenated alkanes) is 15. The van der Waals surface area contributed by atoms with E-state index in [-0.39, 0.29) is 0 Å². The monoisotopic (exact) mass is 447 g/mol. The van der Waals surface area contributed by atoms with Crippen LogP contribution >= 0.6 is 0 Å². The second-order valence-electron chi connectivity index (χ2n) is 10.5. The number of nitrogens with one attached hydrogen (secondary N) is 1. The third kappa shape index (κ3) is 13.7. The van der Waals surface area contributed by atoms with Crippen molar-refractivity contribution in [2.45, 2.75) is 174 Å². The molecule has 188 valence electrons. The van der Waals surface area contributed by atoms with Gasteiger partial charge in [0.15, 0.2) is 0 Å². The molecule has 1 aromatic heterocycles. The summed E-state index contributed by atoms with van der Waals surface area (Å²) in [5.41, 5.74) is 0. The average molecular weight is 448 g/mol. The highest BCUT2D eigenvalue weighted by molar-refractivity contribution is 4.90. The van der Waals surface area contributed by atoms with Gasteiger partial charge in [-0.2, -0.15) is 0 Å². The molecule has 1 aromatic rings. The molecule has 0 radical (unpaired) electrons. The summed E-state index contributed by atoms with van der Waals surface area (Å²) in [5.74, 6) is 2.22. The Labute approximate surface area is 202 Å². The minimum absolute atomic E-state index is 0.616. The molecular weight excluding hydrogens is 388 g/mol. The number of nitrogens with zero attached hydrogens (tertiary/aromatic N) is 1. The second kappa shape index (κ2) is 20.8. The molecule has 0 aliphatic carbocycles. The molecule has 0 aliphatic rings. The van der Waals surface area contributed by atoms with Crippen LogP contribution in [0.1, 0.15) is 180 Å². The van der Waals surface area contributed by atoms with Crippen LogP contribution < -0.4 is 4.57 Å². The third-order valence-electron chi connectivity index (χ3n) is 7.37.